The van der Waals surface area contributed by atoms with Crippen molar-refractivity contribution in [3.63, 3.8) is 0 Å². The second-order valence-corrected chi connectivity index (χ2v) is 7.43. The lowest BCUT2D eigenvalue weighted by atomic mass is 10.2. The van der Waals surface area contributed by atoms with Crippen molar-refractivity contribution in [1.82, 2.24) is 0 Å². The second-order valence-electron chi connectivity index (χ2n) is 5.03. The second kappa shape index (κ2) is 7.09. The van der Waals surface area contributed by atoms with Crippen molar-refractivity contribution in [2.75, 3.05) is 17.7 Å². The molecule has 0 aliphatic carbocycles. The number of thioether (sulfide) groups is 1. The molecule has 1 aliphatic heterocycles. The van der Waals surface area contributed by atoms with Crippen molar-refractivity contribution in [3.05, 3.63) is 22.2 Å². The van der Waals surface area contributed by atoms with Crippen LogP contribution in [0.5, 0.6) is 0 Å². The van der Waals surface area contributed by atoms with Crippen molar-refractivity contribution < 1.29 is 9.53 Å². The summed E-state index contributed by atoms with van der Waals surface area (Å²) in [5, 5.41) is 3.56. The van der Waals surface area contributed by atoms with Crippen LogP contribution < -0.4 is 11.1 Å². The molecule has 1 heterocycles. The number of benzene rings is 1. The van der Waals surface area contributed by atoms with Crippen molar-refractivity contribution >= 4 is 52.2 Å². The van der Waals surface area contributed by atoms with Crippen LogP contribution in [0.15, 0.2) is 12.1 Å². The minimum Gasteiger partial charge on any atom is -0.399 e. The number of nitrogens with one attached hydrogen (secondary N) is 1. The number of carbonyl (C=O) groups excluding carboxylic acids is 1. The Labute approximate surface area is 138 Å². The summed E-state index contributed by atoms with van der Waals surface area (Å²) < 4.78 is 5.51. The van der Waals surface area contributed by atoms with Crippen LogP contribution in [0.25, 0.3) is 0 Å². The lowest BCUT2D eigenvalue weighted by Gasteiger charge is -2.19. The average molecular weight is 349 g/mol. The van der Waals surface area contributed by atoms with E-state index >= 15 is 0 Å². The smallest absolute Gasteiger partial charge is 0.237 e. The Morgan fingerprint density at radius 3 is 2.62 bits per heavy atom. The molecule has 1 saturated heterocycles. The number of rotatable bonds is 4. The molecule has 3 atom stereocenters. The molecule has 0 aromatic heterocycles. The number of nitrogen functional groups attached to an aromatic ring is 1. The minimum atomic E-state index is -0.219. The molecule has 4 nitrogen and oxygen atoms in total. The maximum Gasteiger partial charge on any atom is 0.237 e. The fourth-order valence-electron chi connectivity index (χ4n) is 2.15. The van der Waals surface area contributed by atoms with Gasteiger partial charge in [0.2, 0.25) is 5.91 Å². The number of carbonyl (C=O) groups is 1. The van der Waals surface area contributed by atoms with Gasteiger partial charge in [-0.25, -0.2) is 0 Å². The van der Waals surface area contributed by atoms with Crippen molar-refractivity contribution in [3.8, 4) is 0 Å². The van der Waals surface area contributed by atoms with Crippen LogP contribution in [0, 0.1) is 0 Å². The fraction of sp³-hybridized carbons (Fsp3) is 0.500. The van der Waals surface area contributed by atoms with E-state index in [1.165, 1.54) is 0 Å². The van der Waals surface area contributed by atoms with E-state index in [4.69, 9.17) is 33.7 Å². The predicted molar refractivity (Wildman–Crippen MR) is 90.4 cm³/mol. The SMILES string of the molecule is CC(SC1CCOC1C)C(=O)Nc1c(Cl)cc(N)cc1Cl. The first-order chi connectivity index (χ1) is 9.88. The largest absolute Gasteiger partial charge is 0.399 e. The topological polar surface area (TPSA) is 64.3 Å². The van der Waals surface area contributed by atoms with E-state index in [1.54, 1.807) is 23.9 Å². The maximum atomic E-state index is 12.3. The normalized spacial score (nSPS) is 23.0. The number of halogens is 2. The highest BCUT2D eigenvalue weighted by Crippen LogP contribution is 2.34. The number of nitrogens with two attached hydrogens (primary N) is 1. The van der Waals surface area contributed by atoms with Gasteiger partial charge in [-0.15, -0.1) is 11.8 Å². The number of amides is 1. The van der Waals surface area contributed by atoms with Gasteiger partial charge in [-0.05, 0) is 32.4 Å². The lowest BCUT2D eigenvalue weighted by molar-refractivity contribution is -0.115. The summed E-state index contributed by atoms with van der Waals surface area (Å²) in [5.74, 6) is -0.132. The molecule has 0 saturated carbocycles. The average Bonchev–Trinajstić information content (AvgIpc) is 2.79. The van der Waals surface area contributed by atoms with Gasteiger partial charge in [0.1, 0.15) is 0 Å². The Balaban J connectivity index is 2.01. The van der Waals surface area contributed by atoms with Crippen molar-refractivity contribution in [1.29, 1.82) is 0 Å². The van der Waals surface area contributed by atoms with Gasteiger partial charge in [0.05, 0.1) is 27.1 Å². The van der Waals surface area contributed by atoms with E-state index in [9.17, 15) is 4.79 Å². The maximum absolute atomic E-state index is 12.3. The summed E-state index contributed by atoms with van der Waals surface area (Å²) in [6, 6.07) is 3.13. The van der Waals surface area contributed by atoms with Crippen LogP contribution in [0.2, 0.25) is 10.0 Å². The molecule has 1 fully saturated rings. The van der Waals surface area contributed by atoms with Gasteiger partial charge < -0.3 is 15.8 Å². The zero-order valence-electron chi connectivity index (χ0n) is 11.9. The Hall–Kier alpha value is -0.620. The summed E-state index contributed by atoms with van der Waals surface area (Å²) >= 11 is 13.8. The third-order valence-electron chi connectivity index (χ3n) is 3.37. The number of ether oxygens (including phenoxy) is 1. The summed E-state index contributed by atoms with van der Waals surface area (Å²) in [6.45, 7) is 4.65. The Kier molecular flexibility index (Phi) is 5.66. The molecular weight excluding hydrogens is 331 g/mol. The molecule has 1 aliphatic rings. The molecule has 116 valence electrons. The molecule has 3 unspecified atom stereocenters. The highest BCUT2D eigenvalue weighted by Gasteiger charge is 2.29. The highest BCUT2D eigenvalue weighted by molar-refractivity contribution is 8.01. The summed E-state index contributed by atoms with van der Waals surface area (Å²) in [5.41, 5.74) is 6.51. The van der Waals surface area contributed by atoms with Crippen LogP contribution in [-0.4, -0.2) is 29.1 Å². The van der Waals surface area contributed by atoms with Crippen molar-refractivity contribution in [2.24, 2.45) is 0 Å². The first kappa shape index (κ1) is 16.7. The van der Waals surface area contributed by atoms with E-state index in [0.29, 0.717) is 26.7 Å². The molecule has 1 aromatic carbocycles. The molecule has 3 N–H and O–H groups in total. The predicted octanol–water partition coefficient (Wildman–Crippen LogP) is 3.81. The van der Waals surface area contributed by atoms with Crippen LogP contribution >= 0.6 is 35.0 Å². The van der Waals surface area contributed by atoms with Crippen LogP contribution in [0.1, 0.15) is 20.3 Å². The Morgan fingerprint density at radius 2 is 2.10 bits per heavy atom. The van der Waals surface area contributed by atoms with Crippen LogP contribution in [-0.2, 0) is 9.53 Å². The van der Waals surface area contributed by atoms with Gasteiger partial charge in [-0.1, -0.05) is 23.2 Å². The van der Waals surface area contributed by atoms with E-state index in [-0.39, 0.29) is 17.3 Å². The fourth-order valence-corrected chi connectivity index (χ4v) is 3.99. The quantitative estimate of drug-likeness (QED) is 0.812. The molecule has 1 amide bonds. The zero-order valence-corrected chi connectivity index (χ0v) is 14.2. The number of anilines is 2. The van der Waals surface area contributed by atoms with Gasteiger partial charge in [0.25, 0.3) is 0 Å². The molecular formula is C14H18Cl2N2O2S. The number of hydrogen-bond donors (Lipinski definition) is 2. The lowest BCUT2D eigenvalue weighted by Crippen LogP contribution is -2.27. The Morgan fingerprint density at radius 1 is 1.48 bits per heavy atom. The van der Waals surface area contributed by atoms with Crippen LogP contribution in [0.3, 0.4) is 0 Å². The zero-order chi connectivity index (χ0) is 15.6. The molecule has 1 aromatic rings. The molecule has 7 heteroatoms. The van der Waals surface area contributed by atoms with Crippen LogP contribution in [0.4, 0.5) is 11.4 Å². The van der Waals surface area contributed by atoms with Gasteiger partial charge in [0.15, 0.2) is 0 Å². The van der Waals surface area contributed by atoms with E-state index in [1.807, 2.05) is 13.8 Å². The van der Waals surface area contributed by atoms with E-state index in [2.05, 4.69) is 5.32 Å². The van der Waals surface area contributed by atoms with Gasteiger partial charge >= 0.3 is 0 Å². The minimum absolute atomic E-state index is 0.132. The molecule has 21 heavy (non-hydrogen) atoms. The van der Waals surface area contributed by atoms with E-state index < -0.39 is 0 Å². The third kappa shape index (κ3) is 4.19. The van der Waals surface area contributed by atoms with Crippen molar-refractivity contribution in [2.45, 2.75) is 36.9 Å². The first-order valence-electron chi connectivity index (χ1n) is 6.71. The highest BCUT2D eigenvalue weighted by atomic mass is 35.5. The molecule has 0 bridgehead atoms. The van der Waals surface area contributed by atoms with E-state index in [0.717, 1.165) is 13.0 Å². The molecule has 0 spiro atoms. The third-order valence-corrected chi connectivity index (χ3v) is 5.55. The molecule has 0 radical (unpaired) electrons. The monoisotopic (exact) mass is 348 g/mol. The first-order valence-corrected chi connectivity index (χ1v) is 8.40. The van der Waals surface area contributed by atoms with Gasteiger partial charge in [-0.3, -0.25) is 4.79 Å². The Bertz CT molecular complexity index is 519. The molecule has 2 rings (SSSR count). The van der Waals surface area contributed by atoms with Gasteiger partial charge in [-0.2, -0.15) is 0 Å². The summed E-state index contributed by atoms with van der Waals surface area (Å²) in [7, 11) is 0. The standard InChI is InChI=1S/C14H18Cl2N2O2S/c1-7-12(3-4-20-7)21-8(2)14(19)18-13-10(15)5-9(17)6-11(13)16/h5-8,12H,3-4,17H2,1-2H3,(H,18,19). The summed E-state index contributed by atoms with van der Waals surface area (Å²) in [4.78, 5) is 12.3. The number of hydrogen-bond acceptors (Lipinski definition) is 4. The van der Waals surface area contributed by atoms with Gasteiger partial charge in [0, 0.05) is 17.5 Å². The summed E-state index contributed by atoms with van der Waals surface area (Å²) in [6.07, 6.45) is 1.14.